The topological polar surface area (TPSA) is 29.1 Å². The summed E-state index contributed by atoms with van der Waals surface area (Å²) in [5.74, 6) is -2.06. The van der Waals surface area contributed by atoms with E-state index in [1.807, 2.05) is 19.1 Å². The number of halogens is 2. The number of nitrogens with one attached hydrogen (secondary N) is 1. The van der Waals surface area contributed by atoms with Crippen molar-refractivity contribution >= 4 is 5.91 Å². The van der Waals surface area contributed by atoms with Crippen molar-refractivity contribution in [2.75, 3.05) is 0 Å². The molecule has 104 valence electrons. The molecular weight excluding hydrogens is 260 g/mol. The standard InChI is InChI=1S/C16H15F2NO/c1-10-3-5-12(6-4-10)16(20)19-11(2)13-7-8-14(17)15(18)9-13/h3-9,11H,1-2H3,(H,19,20)/t11-/m0/s1. The Labute approximate surface area is 116 Å². The van der Waals surface area contributed by atoms with Crippen LogP contribution in [0.1, 0.15) is 34.5 Å². The van der Waals surface area contributed by atoms with E-state index in [-0.39, 0.29) is 5.91 Å². The second-order valence-corrected chi connectivity index (χ2v) is 4.73. The van der Waals surface area contributed by atoms with Gasteiger partial charge in [0, 0.05) is 5.56 Å². The number of carbonyl (C=O) groups excluding carboxylic acids is 1. The van der Waals surface area contributed by atoms with Crippen LogP contribution in [0.25, 0.3) is 0 Å². The van der Waals surface area contributed by atoms with Crippen molar-refractivity contribution in [2.24, 2.45) is 0 Å². The molecule has 1 amide bonds. The van der Waals surface area contributed by atoms with Gasteiger partial charge in [0.05, 0.1) is 6.04 Å². The Balaban J connectivity index is 2.10. The molecule has 0 aliphatic rings. The van der Waals surface area contributed by atoms with Crippen molar-refractivity contribution in [3.63, 3.8) is 0 Å². The zero-order chi connectivity index (χ0) is 14.7. The monoisotopic (exact) mass is 275 g/mol. The predicted octanol–water partition coefficient (Wildman–Crippen LogP) is 3.76. The summed E-state index contributed by atoms with van der Waals surface area (Å²) in [6, 6.07) is 10.3. The third-order valence-electron chi connectivity index (χ3n) is 3.11. The Bertz CT molecular complexity index is 623. The van der Waals surface area contributed by atoms with Gasteiger partial charge in [0.15, 0.2) is 11.6 Å². The Kier molecular flexibility index (Phi) is 4.13. The molecule has 2 nitrogen and oxygen atoms in total. The molecule has 0 heterocycles. The molecule has 2 aromatic rings. The molecule has 0 aromatic heterocycles. The number of amides is 1. The van der Waals surface area contributed by atoms with Crippen LogP contribution in [0.4, 0.5) is 8.78 Å². The maximum atomic E-state index is 13.2. The SMILES string of the molecule is Cc1ccc(C(=O)N[C@@H](C)c2ccc(F)c(F)c2)cc1. The summed E-state index contributed by atoms with van der Waals surface area (Å²) in [5.41, 5.74) is 2.12. The van der Waals surface area contributed by atoms with Crippen molar-refractivity contribution in [2.45, 2.75) is 19.9 Å². The highest BCUT2D eigenvalue weighted by atomic mass is 19.2. The summed E-state index contributed by atoms with van der Waals surface area (Å²) >= 11 is 0. The first-order valence-corrected chi connectivity index (χ1v) is 6.30. The van der Waals surface area contributed by atoms with Crippen LogP contribution in [0.2, 0.25) is 0 Å². The quantitative estimate of drug-likeness (QED) is 0.907. The maximum absolute atomic E-state index is 13.2. The van der Waals surface area contributed by atoms with E-state index in [0.717, 1.165) is 17.7 Å². The van der Waals surface area contributed by atoms with Gasteiger partial charge >= 0.3 is 0 Å². The van der Waals surface area contributed by atoms with Crippen LogP contribution in [0.15, 0.2) is 42.5 Å². The number of aryl methyl sites for hydroxylation is 1. The van der Waals surface area contributed by atoms with Crippen LogP contribution in [0, 0.1) is 18.6 Å². The van der Waals surface area contributed by atoms with E-state index < -0.39 is 17.7 Å². The molecule has 0 aliphatic heterocycles. The predicted molar refractivity (Wildman–Crippen MR) is 73.4 cm³/mol. The van der Waals surface area contributed by atoms with Crippen LogP contribution in [-0.2, 0) is 0 Å². The zero-order valence-electron chi connectivity index (χ0n) is 11.3. The smallest absolute Gasteiger partial charge is 0.251 e. The first kappa shape index (κ1) is 14.2. The summed E-state index contributed by atoms with van der Waals surface area (Å²) in [6.45, 7) is 3.66. The van der Waals surface area contributed by atoms with Gasteiger partial charge in [-0.25, -0.2) is 8.78 Å². The molecule has 0 unspecified atom stereocenters. The molecule has 0 spiro atoms. The number of carbonyl (C=O) groups is 1. The first-order valence-electron chi connectivity index (χ1n) is 6.30. The van der Waals surface area contributed by atoms with Crippen LogP contribution < -0.4 is 5.32 Å². The van der Waals surface area contributed by atoms with Crippen LogP contribution in [0.3, 0.4) is 0 Å². The molecule has 4 heteroatoms. The molecule has 1 atom stereocenters. The fourth-order valence-corrected chi connectivity index (χ4v) is 1.85. The van der Waals surface area contributed by atoms with Gasteiger partial charge in [0.1, 0.15) is 0 Å². The fourth-order valence-electron chi connectivity index (χ4n) is 1.85. The Morgan fingerprint density at radius 1 is 1.05 bits per heavy atom. The molecule has 0 radical (unpaired) electrons. The minimum atomic E-state index is -0.918. The van der Waals surface area contributed by atoms with Gasteiger partial charge in [-0.2, -0.15) is 0 Å². The maximum Gasteiger partial charge on any atom is 0.251 e. The summed E-state index contributed by atoms with van der Waals surface area (Å²) < 4.78 is 26.0. The normalized spacial score (nSPS) is 12.0. The van der Waals surface area contributed by atoms with E-state index in [1.165, 1.54) is 6.07 Å². The summed E-state index contributed by atoms with van der Waals surface area (Å²) in [4.78, 5) is 12.0. The number of benzene rings is 2. The van der Waals surface area contributed by atoms with E-state index in [1.54, 1.807) is 19.1 Å². The molecule has 0 saturated carbocycles. The highest BCUT2D eigenvalue weighted by Crippen LogP contribution is 2.16. The van der Waals surface area contributed by atoms with Gasteiger partial charge in [-0.15, -0.1) is 0 Å². The Morgan fingerprint density at radius 3 is 2.30 bits per heavy atom. The van der Waals surface area contributed by atoms with Gasteiger partial charge in [0.25, 0.3) is 5.91 Å². The Morgan fingerprint density at radius 2 is 1.70 bits per heavy atom. The van der Waals surface area contributed by atoms with Crippen molar-refractivity contribution < 1.29 is 13.6 Å². The summed E-state index contributed by atoms with van der Waals surface area (Å²) in [6.07, 6.45) is 0. The van der Waals surface area contributed by atoms with Crippen molar-refractivity contribution in [1.29, 1.82) is 0 Å². The molecule has 0 aliphatic carbocycles. The second-order valence-electron chi connectivity index (χ2n) is 4.73. The summed E-state index contributed by atoms with van der Waals surface area (Å²) in [7, 11) is 0. The first-order chi connectivity index (χ1) is 9.47. The van der Waals surface area contributed by atoms with E-state index in [0.29, 0.717) is 11.1 Å². The molecule has 20 heavy (non-hydrogen) atoms. The van der Waals surface area contributed by atoms with E-state index in [4.69, 9.17) is 0 Å². The molecule has 0 fully saturated rings. The molecule has 1 N–H and O–H groups in total. The van der Waals surface area contributed by atoms with E-state index >= 15 is 0 Å². The van der Waals surface area contributed by atoms with Crippen LogP contribution >= 0.6 is 0 Å². The molecule has 2 aromatic carbocycles. The van der Waals surface area contributed by atoms with Gasteiger partial charge < -0.3 is 5.32 Å². The zero-order valence-corrected chi connectivity index (χ0v) is 11.3. The largest absolute Gasteiger partial charge is 0.346 e. The number of hydrogen-bond donors (Lipinski definition) is 1. The number of rotatable bonds is 3. The molecule has 2 rings (SSSR count). The van der Waals surface area contributed by atoms with Crippen molar-refractivity contribution in [3.05, 3.63) is 70.8 Å². The Hall–Kier alpha value is -2.23. The van der Waals surface area contributed by atoms with E-state index in [9.17, 15) is 13.6 Å². The van der Waals surface area contributed by atoms with Gasteiger partial charge in [-0.3, -0.25) is 4.79 Å². The lowest BCUT2D eigenvalue weighted by molar-refractivity contribution is 0.0940. The highest BCUT2D eigenvalue weighted by Gasteiger charge is 2.13. The third-order valence-corrected chi connectivity index (χ3v) is 3.11. The molecular formula is C16H15F2NO. The van der Waals surface area contributed by atoms with Crippen molar-refractivity contribution in [3.8, 4) is 0 Å². The van der Waals surface area contributed by atoms with Crippen LogP contribution in [-0.4, -0.2) is 5.91 Å². The lowest BCUT2D eigenvalue weighted by Gasteiger charge is -2.14. The van der Waals surface area contributed by atoms with Gasteiger partial charge in [-0.05, 0) is 43.7 Å². The van der Waals surface area contributed by atoms with Gasteiger partial charge in [-0.1, -0.05) is 23.8 Å². The fraction of sp³-hybridized carbons (Fsp3) is 0.188. The minimum Gasteiger partial charge on any atom is -0.346 e. The van der Waals surface area contributed by atoms with Crippen LogP contribution in [0.5, 0.6) is 0 Å². The minimum absolute atomic E-state index is 0.248. The second kappa shape index (κ2) is 5.82. The third kappa shape index (κ3) is 3.20. The number of hydrogen-bond acceptors (Lipinski definition) is 1. The van der Waals surface area contributed by atoms with Crippen molar-refractivity contribution in [1.82, 2.24) is 5.32 Å². The average Bonchev–Trinajstić information content (AvgIpc) is 2.42. The molecule has 0 bridgehead atoms. The van der Waals surface area contributed by atoms with E-state index in [2.05, 4.69) is 5.32 Å². The highest BCUT2D eigenvalue weighted by molar-refractivity contribution is 5.94. The average molecular weight is 275 g/mol. The molecule has 0 saturated heterocycles. The summed E-state index contributed by atoms with van der Waals surface area (Å²) in [5, 5.41) is 2.75. The van der Waals surface area contributed by atoms with Gasteiger partial charge in [0.2, 0.25) is 0 Å². The lowest BCUT2D eigenvalue weighted by Crippen LogP contribution is -2.26. The lowest BCUT2D eigenvalue weighted by atomic mass is 10.1.